The van der Waals surface area contributed by atoms with Gasteiger partial charge in [-0.25, -0.2) is 9.59 Å². The van der Waals surface area contributed by atoms with Crippen molar-refractivity contribution >= 4 is 12.1 Å². The SMILES string of the molecule is CNC(=O)N[C@H](CNC(N)=O)C(C)C. The molecule has 0 radical (unpaired) electrons. The van der Waals surface area contributed by atoms with Crippen molar-refractivity contribution in [2.45, 2.75) is 19.9 Å². The summed E-state index contributed by atoms with van der Waals surface area (Å²) in [6.45, 7) is 4.23. The number of hydrogen-bond donors (Lipinski definition) is 4. The fourth-order valence-electron chi connectivity index (χ4n) is 0.905. The van der Waals surface area contributed by atoms with Gasteiger partial charge in [-0.1, -0.05) is 13.8 Å². The van der Waals surface area contributed by atoms with E-state index in [0.29, 0.717) is 6.54 Å². The summed E-state index contributed by atoms with van der Waals surface area (Å²) < 4.78 is 0. The molecule has 0 bridgehead atoms. The first kappa shape index (κ1) is 12.5. The Morgan fingerprint density at radius 1 is 1.36 bits per heavy atom. The van der Waals surface area contributed by atoms with E-state index in [-0.39, 0.29) is 18.0 Å². The predicted octanol–water partition coefficient (Wildman–Crippen LogP) is -0.392. The fraction of sp³-hybridized carbons (Fsp3) is 0.750. The van der Waals surface area contributed by atoms with E-state index < -0.39 is 6.03 Å². The average molecular weight is 202 g/mol. The molecule has 0 aliphatic heterocycles. The van der Waals surface area contributed by atoms with Crippen molar-refractivity contribution < 1.29 is 9.59 Å². The Morgan fingerprint density at radius 3 is 2.29 bits per heavy atom. The van der Waals surface area contributed by atoms with Crippen molar-refractivity contribution in [3.63, 3.8) is 0 Å². The van der Waals surface area contributed by atoms with Crippen molar-refractivity contribution in [1.82, 2.24) is 16.0 Å². The molecule has 0 aromatic heterocycles. The zero-order valence-corrected chi connectivity index (χ0v) is 8.76. The van der Waals surface area contributed by atoms with Crippen molar-refractivity contribution in [2.75, 3.05) is 13.6 Å². The predicted molar refractivity (Wildman–Crippen MR) is 53.8 cm³/mol. The second-order valence-electron chi connectivity index (χ2n) is 3.32. The fourth-order valence-corrected chi connectivity index (χ4v) is 0.905. The van der Waals surface area contributed by atoms with Crippen molar-refractivity contribution in [2.24, 2.45) is 11.7 Å². The van der Waals surface area contributed by atoms with Gasteiger partial charge in [0.15, 0.2) is 0 Å². The highest BCUT2D eigenvalue weighted by molar-refractivity contribution is 5.74. The minimum atomic E-state index is -0.589. The van der Waals surface area contributed by atoms with Crippen molar-refractivity contribution in [1.29, 1.82) is 0 Å². The Hall–Kier alpha value is -1.46. The molecule has 6 nitrogen and oxygen atoms in total. The summed E-state index contributed by atoms with van der Waals surface area (Å²) in [7, 11) is 1.54. The van der Waals surface area contributed by atoms with Gasteiger partial charge in [0.05, 0.1) is 6.04 Å². The monoisotopic (exact) mass is 202 g/mol. The smallest absolute Gasteiger partial charge is 0.314 e. The molecule has 0 saturated carbocycles. The standard InChI is InChI=1S/C8H18N4O2/c1-5(2)6(4-11-7(9)13)12-8(14)10-3/h5-6H,4H2,1-3H3,(H3,9,11,13)(H2,10,12,14)/t6-/m1/s1. The molecule has 0 fully saturated rings. The second-order valence-corrected chi connectivity index (χ2v) is 3.32. The molecule has 5 N–H and O–H groups in total. The molecule has 1 atom stereocenters. The lowest BCUT2D eigenvalue weighted by Gasteiger charge is -2.21. The molecule has 82 valence electrons. The van der Waals surface area contributed by atoms with Crippen LogP contribution < -0.4 is 21.7 Å². The van der Waals surface area contributed by atoms with Crippen LogP contribution in [0.5, 0.6) is 0 Å². The summed E-state index contributed by atoms with van der Waals surface area (Å²) in [5.41, 5.74) is 4.93. The van der Waals surface area contributed by atoms with Gasteiger partial charge >= 0.3 is 12.1 Å². The first-order valence-electron chi connectivity index (χ1n) is 4.49. The number of carbonyl (C=O) groups excluding carboxylic acids is 2. The van der Waals surface area contributed by atoms with Crippen LogP contribution in [0.1, 0.15) is 13.8 Å². The van der Waals surface area contributed by atoms with E-state index in [0.717, 1.165) is 0 Å². The number of nitrogens with one attached hydrogen (secondary N) is 3. The maximum absolute atomic E-state index is 11.0. The lowest BCUT2D eigenvalue weighted by atomic mass is 10.0. The third-order valence-electron chi connectivity index (χ3n) is 1.84. The Kier molecular flexibility index (Phi) is 5.43. The van der Waals surface area contributed by atoms with E-state index in [1.807, 2.05) is 13.8 Å². The van der Waals surface area contributed by atoms with Gasteiger partial charge in [-0.15, -0.1) is 0 Å². The molecule has 6 heteroatoms. The third kappa shape index (κ3) is 5.23. The third-order valence-corrected chi connectivity index (χ3v) is 1.84. The Morgan fingerprint density at radius 2 is 1.93 bits per heavy atom. The number of carbonyl (C=O) groups is 2. The summed E-state index contributed by atoms with van der Waals surface area (Å²) >= 11 is 0. The molecule has 0 aliphatic carbocycles. The van der Waals surface area contributed by atoms with Gasteiger partial charge in [-0.2, -0.15) is 0 Å². The molecule has 0 heterocycles. The maximum Gasteiger partial charge on any atom is 0.314 e. The number of urea groups is 2. The molecule has 0 rings (SSSR count). The molecule has 0 spiro atoms. The Labute approximate surface area is 83.6 Å². The molecule has 14 heavy (non-hydrogen) atoms. The number of rotatable bonds is 4. The van der Waals surface area contributed by atoms with Crippen LogP contribution in [-0.4, -0.2) is 31.7 Å². The molecule has 0 aromatic carbocycles. The second kappa shape index (κ2) is 6.06. The van der Waals surface area contributed by atoms with E-state index >= 15 is 0 Å². The van der Waals surface area contributed by atoms with E-state index in [1.165, 1.54) is 7.05 Å². The minimum absolute atomic E-state index is 0.123. The number of nitrogens with two attached hydrogens (primary N) is 1. The largest absolute Gasteiger partial charge is 0.352 e. The van der Waals surface area contributed by atoms with Crippen LogP contribution in [-0.2, 0) is 0 Å². The number of primary amides is 1. The van der Waals surface area contributed by atoms with Gasteiger partial charge in [-0.3, -0.25) is 0 Å². The molecule has 0 unspecified atom stereocenters. The minimum Gasteiger partial charge on any atom is -0.352 e. The molecule has 0 aliphatic rings. The molecular formula is C8H18N4O2. The quantitative estimate of drug-likeness (QED) is 0.499. The number of hydrogen-bond acceptors (Lipinski definition) is 2. The first-order valence-corrected chi connectivity index (χ1v) is 4.49. The summed E-state index contributed by atoms with van der Waals surface area (Å²) in [5.74, 6) is 0.221. The average Bonchev–Trinajstić information content (AvgIpc) is 2.10. The number of amides is 4. The normalized spacial score (nSPS) is 12.0. The zero-order chi connectivity index (χ0) is 11.1. The summed E-state index contributed by atoms with van der Waals surface area (Å²) in [6, 6.07) is -0.980. The summed E-state index contributed by atoms with van der Waals surface area (Å²) in [6.07, 6.45) is 0. The van der Waals surface area contributed by atoms with Gasteiger partial charge in [0.25, 0.3) is 0 Å². The van der Waals surface area contributed by atoms with Crippen LogP contribution in [0.15, 0.2) is 0 Å². The van der Waals surface area contributed by atoms with Gasteiger partial charge in [0.1, 0.15) is 0 Å². The topological polar surface area (TPSA) is 96.2 Å². The molecule has 4 amide bonds. The zero-order valence-electron chi connectivity index (χ0n) is 8.76. The van der Waals surface area contributed by atoms with Crippen LogP contribution in [0.3, 0.4) is 0 Å². The van der Waals surface area contributed by atoms with Crippen molar-refractivity contribution in [3.05, 3.63) is 0 Å². The lowest BCUT2D eigenvalue weighted by Crippen LogP contribution is -2.50. The summed E-state index contributed by atoms with van der Waals surface area (Å²) in [5, 5.41) is 7.60. The first-order chi connectivity index (χ1) is 6.47. The van der Waals surface area contributed by atoms with Gasteiger partial charge in [0, 0.05) is 13.6 Å². The van der Waals surface area contributed by atoms with Gasteiger partial charge in [0.2, 0.25) is 0 Å². The van der Waals surface area contributed by atoms with Crippen LogP contribution in [0, 0.1) is 5.92 Å². The Bertz CT molecular complexity index is 206. The summed E-state index contributed by atoms with van der Waals surface area (Å²) in [4.78, 5) is 21.5. The highest BCUT2D eigenvalue weighted by Gasteiger charge is 2.15. The maximum atomic E-state index is 11.0. The van der Waals surface area contributed by atoms with Crippen LogP contribution >= 0.6 is 0 Å². The van der Waals surface area contributed by atoms with Crippen LogP contribution in [0.25, 0.3) is 0 Å². The van der Waals surface area contributed by atoms with Gasteiger partial charge in [-0.05, 0) is 5.92 Å². The highest BCUT2D eigenvalue weighted by Crippen LogP contribution is 1.99. The van der Waals surface area contributed by atoms with E-state index in [4.69, 9.17) is 5.73 Å². The molecular weight excluding hydrogens is 184 g/mol. The molecule has 0 saturated heterocycles. The van der Waals surface area contributed by atoms with Crippen LogP contribution in [0.4, 0.5) is 9.59 Å². The van der Waals surface area contributed by atoms with Gasteiger partial charge < -0.3 is 21.7 Å². The van der Waals surface area contributed by atoms with Crippen molar-refractivity contribution in [3.8, 4) is 0 Å². The van der Waals surface area contributed by atoms with E-state index in [9.17, 15) is 9.59 Å². The Balaban J connectivity index is 4.02. The van der Waals surface area contributed by atoms with Crippen LogP contribution in [0.2, 0.25) is 0 Å². The van der Waals surface area contributed by atoms with E-state index in [1.54, 1.807) is 0 Å². The van der Waals surface area contributed by atoms with E-state index in [2.05, 4.69) is 16.0 Å². The highest BCUT2D eigenvalue weighted by atomic mass is 16.2. The lowest BCUT2D eigenvalue weighted by molar-refractivity contribution is 0.231. The molecule has 0 aromatic rings.